The molecule has 0 radical (unpaired) electrons. The van der Waals surface area contributed by atoms with Gasteiger partial charge in [0.05, 0.1) is 18.6 Å². The highest BCUT2D eigenvalue weighted by Crippen LogP contribution is 2.46. The summed E-state index contributed by atoms with van der Waals surface area (Å²) < 4.78 is 18.5. The van der Waals surface area contributed by atoms with Crippen molar-refractivity contribution in [3.05, 3.63) is 17.7 Å². The molecule has 1 aromatic rings. The van der Waals surface area contributed by atoms with Gasteiger partial charge >= 0.3 is 7.75 Å². The molecule has 0 amide bonds. The predicted octanol–water partition coefficient (Wildman–Crippen LogP) is 1.60. The van der Waals surface area contributed by atoms with Crippen LogP contribution >= 0.6 is 19.5 Å². The lowest BCUT2D eigenvalue weighted by molar-refractivity contribution is 0.238. The number of aliphatic imine (C=N–C) groups is 1. The van der Waals surface area contributed by atoms with Crippen molar-refractivity contribution in [3.8, 4) is 0 Å². The molecule has 1 unspecified atom stereocenters. The van der Waals surface area contributed by atoms with Crippen LogP contribution in [-0.2, 0) is 14.8 Å². The Kier molecular flexibility index (Phi) is 7.95. The molecule has 1 rings (SSSR count). The highest BCUT2D eigenvalue weighted by molar-refractivity contribution is 7.98. The zero-order valence-electron chi connectivity index (χ0n) is 13.4. The van der Waals surface area contributed by atoms with Crippen LogP contribution < -0.4 is 5.32 Å². The van der Waals surface area contributed by atoms with Crippen LogP contribution in [0.2, 0.25) is 0 Å². The largest absolute Gasteiger partial charge is 0.435 e. The molecular formula is C12H24N5O3PS. The second-order valence-electron chi connectivity index (χ2n) is 4.36. The summed E-state index contributed by atoms with van der Waals surface area (Å²) in [6.07, 6.45) is 1.66. The Balaban J connectivity index is 2.62. The Morgan fingerprint density at radius 1 is 1.68 bits per heavy atom. The Labute approximate surface area is 135 Å². The average molecular weight is 349 g/mol. The number of aromatic nitrogens is 2. The Morgan fingerprint density at radius 3 is 2.91 bits per heavy atom. The number of H-pyrrole nitrogens is 1. The summed E-state index contributed by atoms with van der Waals surface area (Å²) >= 11 is 1.63. The fourth-order valence-corrected chi connectivity index (χ4v) is 4.13. The minimum Gasteiger partial charge on any atom is -0.359 e. The zero-order chi connectivity index (χ0) is 16.6. The number of thioether (sulfide) groups is 1. The smallest absolute Gasteiger partial charge is 0.359 e. The Bertz CT molecular complexity index is 537. The van der Waals surface area contributed by atoms with Crippen LogP contribution in [0.1, 0.15) is 18.3 Å². The summed E-state index contributed by atoms with van der Waals surface area (Å²) in [5.74, 6) is 1.71. The van der Waals surface area contributed by atoms with E-state index < -0.39 is 7.75 Å². The maximum Gasteiger partial charge on any atom is 0.435 e. The highest BCUT2D eigenvalue weighted by atomic mass is 32.2. The molecule has 0 saturated heterocycles. The van der Waals surface area contributed by atoms with Crippen molar-refractivity contribution in [1.29, 1.82) is 0 Å². The van der Waals surface area contributed by atoms with Gasteiger partial charge in [-0.1, -0.05) is 0 Å². The molecule has 0 aliphatic heterocycles. The Hall–Kier alpha value is -1.02. The summed E-state index contributed by atoms with van der Waals surface area (Å²) in [4.78, 5) is 21.3. The topological polar surface area (TPSA) is 103 Å². The number of nitrogens with zero attached hydrogens (tertiary/aromatic N) is 3. The lowest BCUT2D eigenvalue weighted by Crippen LogP contribution is -2.39. The van der Waals surface area contributed by atoms with Crippen molar-refractivity contribution in [1.82, 2.24) is 20.0 Å². The summed E-state index contributed by atoms with van der Waals surface area (Å²) in [5.41, 5.74) is 2.03. The van der Waals surface area contributed by atoms with E-state index in [0.717, 1.165) is 17.1 Å². The molecule has 0 fully saturated rings. The van der Waals surface area contributed by atoms with Gasteiger partial charge in [0, 0.05) is 37.8 Å². The summed E-state index contributed by atoms with van der Waals surface area (Å²) in [6.45, 7) is 4.15. The van der Waals surface area contributed by atoms with Gasteiger partial charge in [-0.25, -0.2) is 14.2 Å². The number of aromatic amines is 1. The lowest BCUT2D eigenvalue weighted by Gasteiger charge is -2.28. The molecular weight excluding hydrogens is 325 g/mol. The van der Waals surface area contributed by atoms with Crippen LogP contribution in [0.5, 0.6) is 0 Å². The summed E-state index contributed by atoms with van der Waals surface area (Å²) in [5, 5.41) is 2.82. The van der Waals surface area contributed by atoms with E-state index in [2.05, 4.69) is 20.3 Å². The van der Waals surface area contributed by atoms with Gasteiger partial charge in [0.25, 0.3) is 0 Å². The molecule has 0 saturated carbocycles. The standard InChI is InChI=1S/C12H24N5O3PS/c1-5-20-21(18,19)17(12(13-3)14-4)6-7-22-8-11-10(2)15-9-16-11/h9H,5-8H2,1-4H3,(H,13,14)(H,15,16)(H,18,19). The first kappa shape index (κ1) is 19.0. The maximum atomic E-state index is 12.3. The SMILES string of the molecule is CCOP(=O)(O)N(CCSCc1nc[nH]c1C)C(=NC)NC. The number of hydrogen-bond acceptors (Lipinski definition) is 5. The molecule has 22 heavy (non-hydrogen) atoms. The van der Waals surface area contributed by atoms with Crippen molar-refractivity contribution in [2.75, 3.05) is 33.0 Å². The highest BCUT2D eigenvalue weighted by Gasteiger charge is 2.31. The van der Waals surface area contributed by atoms with Crippen LogP contribution in [0.3, 0.4) is 0 Å². The van der Waals surface area contributed by atoms with Crippen LogP contribution in [0, 0.1) is 6.92 Å². The molecule has 0 bridgehead atoms. The van der Waals surface area contributed by atoms with Crippen molar-refractivity contribution in [3.63, 3.8) is 0 Å². The average Bonchev–Trinajstić information content (AvgIpc) is 2.87. The molecule has 126 valence electrons. The van der Waals surface area contributed by atoms with E-state index in [0.29, 0.717) is 18.3 Å². The predicted molar refractivity (Wildman–Crippen MR) is 90.1 cm³/mol. The van der Waals surface area contributed by atoms with E-state index in [4.69, 9.17) is 4.52 Å². The molecule has 1 atom stereocenters. The normalized spacial score (nSPS) is 14.7. The third kappa shape index (κ3) is 5.31. The minimum atomic E-state index is -3.90. The summed E-state index contributed by atoms with van der Waals surface area (Å²) in [6, 6.07) is 0. The first-order valence-corrected chi connectivity index (χ1v) is 9.61. The van der Waals surface area contributed by atoms with Gasteiger partial charge in [0.15, 0.2) is 0 Å². The molecule has 8 nitrogen and oxygen atoms in total. The van der Waals surface area contributed by atoms with Crippen molar-refractivity contribution in [2.24, 2.45) is 4.99 Å². The molecule has 0 aliphatic carbocycles. The van der Waals surface area contributed by atoms with Crippen molar-refractivity contribution in [2.45, 2.75) is 19.6 Å². The molecule has 0 aromatic carbocycles. The van der Waals surface area contributed by atoms with E-state index >= 15 is 0 Å². The second kappa shape index (κ2) is 9.19. The molecule has 0 aliphatic rings. The van der Waals surface area contributed by atoms with Gasteiger partial charge in [-0.2, -0.15) is 11.8 Å². The van der Waals surface area contributed by atoms with Crippen LogP contribution in [0.15, 0.2) is 11.3 Å². The quantitative estimate of drug-likeness (QED) is 0.283. The first-order chi connectivity index (χ1) is 10.5. The van der Waals surface area contributed by atoms with E-state index in [1.165, 1.54) is 4.67 Å². The van der Waals surface area contributed by atoms with Crippen LogP contribution in [-0.4, -0.2) is 58.5 Å². The van der Waals surface area contributed by atoms with Crippen LogP contribution in [0.4, 0.5) is 0 Å². The number of nitrogens with one attached hydrogen (secondary N) is 2. The minimum absolute atomic E-state index is 0.157. The Morgan fingerprint density at radius 2 is 2.41 bits per heavy atom. The van der Waals surface area contributed by atoms with E-state index in [-0.39, 0.29) is 6.61 Å². The molecule has 10 heteroatoms. The van der Waals surface area contributed by atoms with Gasteiger partial charge in [-0.05, 0) is 13.8 Å². The third-order valence-corrected chi connectivity index (χ3v) is 5.45. The number of imidazole rings is 1. The van der Waals surface area contributed by atoms with Gasteiger partial charge < -0.3 is 15.2 Å². The van der Waals surface area contributed by atoms with E-state index in [1.54, 1.807) is 39.1 Å². The monoisotopic (exact) mass is 349 g/mol. The number of rotatable bonds is 8. The zero-order valence-corrected chi connectivity index (χ0v) is 15.1. The number of hydrogen-bond donors (Lipinski definition) is 3. The van der Waals surface area contributed by atoms with Gasteiger partial charge in [-0.15, -0.1) is 0 Å². The molecule has 0 spiro atoms. The third-order valence-electron chi connectivity index (χ3n) is 2.90. The first-order valence-electron chi connectivity index (χ1n) is 6.92. The van der Waals surface area contributed by atoms with Gasteiger partial charge in [0.1, 0.15) is 0 Å². The molecule has 1 aromatic heterocycles. The van der Waals surface area contributed by atoms with E-state index in [9.17, 15) is 9.46 Å². The fourth-order valence-electron chi connectivity index (χ4n) is 1.80. The second-order valence-corrected chi connectivity index (χ2v) is 7.18. The molecule has 3 N–H and O–H groups in total. The maximum absolute atomic E-state index is 12.3. The molecule has 1 heterocycles. The number of aryl methyl sites for hydroxylation is 1. The number of guanidine groups is 1. The fraction of sp³-hybridized carbons (Fsp3) is 0.667. The van der Waals surface area contributed by atoms with Crippen LogP contribution in [0.25, 0.3) is 0 Å². The van der Waals surface area contributed by atoms with Crippen molar-refractivity contribution >= 4 is 25.5 Å². The van der Waals surface area contributed by atoms with Crippen molar-refractivity contribution < 1.29 is 14.0 Å². The van der Waals surface area contributed by atoms with Gasteiger partial charge in [0.2, 0.25) is 5.96 Å². The lowest BCUT2D eigenvalue weighted by atomic mass is 10.4. The van der Waals surface area contributed by atoms with E-state index in [1.807, 2.05) is 6.92 Å². The van der Waals surface area contributed by atoms with Gasteiger partial charge in [-0.3, -0.25) is 9.52 Å². The summed E-state index contributed by atoms with van der Waals surface area (Å²) in [7, 11) is -0.682.